The summed E-state index contributed by atoms with van der Waals surface area (Å²) in [4.78, 5) is 22.7. The van der Waals surface area contributed by atoms with E-state index in [0.29, 0.717) is 0 Å². The first-order valence-corrected chi connectivity index (χ1v) is 4.70. The van der Waals surface area contributed by atoms with Crippen molar-refractivity contribution in [3.8, 4) is 0 Å². The molecule has 0 saturated heterocycles. The van der Waals surface area contributed by atoms with Gasteiger partial charge in [-0.05, 0) is 19.9 Å². The zero-order valence-corrected chi connectivity index (χ0v) is 9.19. The minimum Gasteiger partial charge on any atom is -0.505 e. The average Bonchev–Trinajstić information content (AvgIpc) is 2.19. The van der Waals surface area contributed by atoms with Crippen molar-refractivity contribution in [2.24, 2.45) is 5.92 Å². The summed E-state index contributed by atoms with van der Waals surface area (Å²) in [6.07, 6.45) is 2.55. The van der Waals surface area contributed by atoms with Crippen LogP contribution in [0.5, 0.6) is 0 Å². The second kappa shape index (κ2) is 7.84. The Labute approximate surface area is 89.0 Å². The predicted octanol–water partition coefficient (Wildman–Crippen LogP) is 0.889. The van der Waals surface area contributed by atoms with Crippen LogP contribution in [0.1, 0.15) is 13.8 Å². The highest BCUT2D eigenvalue weighted by molar-refractivity contribution is 5.96. The Morgan fingerprint density at radius 3 is 1.93 bits per heavy atom. The maximum absolute atomic E-state index is 11.3. The van der Waals surface area contributed by atoms with Crippen LogP contribution in [0.25, 0.3) is 0 Å². The Bertz CT molecular complexity index is 216. The molecule has 0 aliphatic heterocycles. The van der Waals surface area contributed by atoms with Crippen molar-refractivity contribution in [1.29, 1.82) is 0 Å². The van der Waals surface area contributed by atoms with E-state index in [4.69, 9.17) is 9.47 Å². The molecule has 0 radical (unpaired) electrons. The van der Waals surface area contributed by atoms with Gasteiger partial charge in [0.1, 0.15) is 0 Å². The van der Waals surface area contributed by atoms with E-state index in [9.17, 15) is 9.59 Å². The van der Waals surface area contributed by atoms with Crippen LogP contribution >= 0.6 is 0 Å². The van der Waals surface area contributed by atoms with E-state index in [2.05, 4.69) is 4.74 Å². The summed E-state index contributed by atoms with van der Waals surface area (Å²) in [5.74, 6) is -2.32. The van der Waals surface area contributed by atoms with Gasteiger partial charge in [0.2, 0.25) is 0 Å². The number of rotatable bonds is 6. The van der Waals surface area contributed by atoms with E-state index in [-0.39, 0.29) is 13.2 Å². The lowest BCUT2D eigenvalue weighted by atomic mass is 10.1. The molecule has 15 heavy (non-hydrogen) atoms. The Morgan fingerprint density at radius 1 is 1.13 bits per heavy atom. The number of methoxy groups -OCH3 is 1. The van der Waals surface area contributed by atoms with Gasteiger partial charge in [0.25, 0.3) is 0 Å². The van der Waals surface area contributed by atoms with Gasteiger partial charge in [0.15, 0.2) is 5.92 Å². The molecule has 0 fully saturated rings. The number of ether oxygens (including phenoxy) is 3. The summed E-state index contributed by atoms with van der Waals surface area (Å²) < 4.78 is 14.1. The summed E-state index contributed by atoms with van der Waals surface area (Å²) in [6.45, 7) is 3.77. The molecular formula is C10H16O5. The molecule has 0 heterocycles. The van der Waals surface area contributed by atoms with E-state index < -0.39 is 17.9 Å². The third kappa shape index (κ3) is 5.05. The molecule has 0 spiro atoms. The second-order valence-corrected chi connectivity index (χ2v) is 2.55. The summed E-state index contributed by atoms with van der Waals surface area (Å²) in [7, 11) is 1.42. The first kappa shape index (κ1) is 13.5. The first-order valence-electron chi connectivity index (χ1n) is 4.70. The molecule has 0 saturated carbocycles. The van der Waals surface area contributed by atoms with Crippen LogP contribution in [0.3, 0.4) is 0 Å². The van der Waals surface area contributed by atoms with E-state index in [1.807, 2.05) is 0 Å². The van der Waals surface area contributed by atoms with Crippen LogP contribution in [0.15, 0.2) is 12.3 Å². The monoisotopic (exact) mass is 216 g/mol. The molecule has 0 atom stereocenters. The molecule has 5 heteroatoms. The van der Waals surface area contributed by atoms with Crippen molar-refractivity contribution < 1.29 is 23.8 Å². The molecule has 0 aromatic carbocycles. The third-order valence-corrected chi connectivity index (χ3v) is 1.49. The molecule has 0 N–H and O–H groups in total. The van der Waals surface area contributed by atoms with Crippen molar-refractivity contribution in [3.63, 3.8) is 0 Å². The van der Waals surface area contributed by atoms with Crippen molar-refractivity contribution in [2.45, 2.75) is 13.8 Å². The van der Waals surface area contributed by atoms with Gasteiger partial charge in [-0.15, -0.1) is 0 Å². The standard InChI is InChI=1S/C10H16O5/c1-4-14-9(11)8(6-7-13-3)10(12)15-5-2/h6-8H,4-5H2,1-3H3/b7-6+. The van der Waals surface area contributed by atoms with Gasteiger partial charge >= 0.3 is 11.9 Å². The van der Waals surface area contributed by atoms with Gasteiger partial charge in [0.05, 0.1) is 26.6 Å². The fourth-order valence-corrected chi connectivity index (χ4v) is 0.875. The largest absolute Gasteiger partial charge is 0.505 e. The van der Waals surface area contributed by atoms with Gasteiger partial charge in [0, 0.05) is 0 Å². The summed E-state index contributed by atoms with van der Waals surface area (Å²) in [6, 6.07) is 0. The van der Waals surface area contributed by atoms with Crippen LogP contribution in [0.4, 0.5) is 0 Å². The van der Waals surface area contributed by atoms with Crippen molar-refractivity contribution in [2.75, 3.05) is 20.3 Å². The molecule has 86 valence electrons. The number of hydrogen-bond acceptors (Lipinski definition) is 5. The van der Waals surface area contributed by atoms with Crippen LogP contribution in [-0.2, 0) is 23.8 Å². The number of carbonyl (C=O) groups is 2. The lowest BCUT2D eigenvalue weighted by molar-refractivity contribution is -0.159. The van der Waals surface area contributed by atoms with E-state index in [1.165, 1.54) is 19.4 Å². The Hall–Kier alpha value is -1.52. The predicted molar refractivity (Wildman–Crippen MR) is 52.9 cm³/mol. The molecule has 0 rings (SSSR count). The maximum atomic E-state index is 11.3. The van der Waals surface area contributed by atoms with Crippen molar-refractivity contribution in [1.82, 2.24) is 0 Å². The van der Waals surface area contributed by atoms with Gasteiger partial charge in [-0.3, -0.25) is 9.59 Å². The molecule has 0 aliphatic rings. The quantitative estimate of drug-likeness (QED) is 0.375. The highest BCUT2D eigenvalue weighted by Gasteiger charge is 2.26. The van der Waals surface area contributed by atoms with Crippen LogP contribution in [-0.4, -0.2) is 32.3 Å². The molecule has 0 unspecified atom stereocenters. The molecule has 0 aliphatic carbocycles. The third-order valence-electron chi connectivity index (χ3n) is 1.49. The van der Waals surface area contributed by atoms with Crippen LogP contribution in [0, 0.1) is 5.92 Å². The van der Waals surface area contributed by atoms with Gasteiger partial charge in [-0.1, -0.05) is 0 Å². The molecule has 0 bridgehead atoms. The lowest BCUT2D eigenvalue weighted by Crippen LogP contribution is -2.26. The summed E-state index contributed by atoms with van der Waals surface area (Å²) in [5, 5.41) is 0. The molecule has 0 aromatic rings. The van der Waals surface area contributed by atoms with E-state index >= 15 is 0 Å². The van der Waals surface area contributed by atoms with Gasteiger partial charge < -0.3 is 14.2 Å². The van der Waals surface area contributed by atoms with E-state index in [0.717, 1.165) is 0 Å². The van der Waals surface area contributed by atoms with Gasteiger partial charge in [-0.25, -0.2) is 0 Å². The van der Waals surface area contributed by atoms with Crippen LogP contribution < -0.4 is 0 Å². The highest BCUT2D eigenvalue weighted by atomic mass is 16.6. The first-order chi connectivity index (χ1) is 7.17. The van der Waals surface area contributed by atoms with Gasteiger partial charge in [-0.2, -0.15) is 0 Å². The topological polar surface area (TPSA) is 61.8 Å². The number of esters is 2. The summed E-state index contributed by atoms with van der Waals surface area (Å²) >= 11 is 0. The molecular weight excluding hydrogens is 200 g/mol. The zero-order valence-electron chi connectivity index (χ0n) is 9.19. The smallest absolute Gasteiger partial charge is 0.324 e. The van der Waals surface area contributed by atoms with Crippen molar-refractivity contribution in [3.05, 3.63) is 12.3 Å². The molecule has 0 aromatic heterocycles. The number of carbonyl (C=O) groups excluding carboxylic acids is 2. The number of hydrogen-bond donors (Lipinski definition) is 0. The second-order valence-electron chi connectivity index (χ2n) is 2.55. The minimum absolute atomic E-state index is 0.218. The summed E-state index contributed by atoms with van der Waals surface area (Å²) in [5.41, 5.74) is 0. The average molecular weight is 216 g/mol. The highest BCUT2D eigenvalue weighted by Crippen LogP contribution is 2.05. The van der Waals surface area contributed by atoms with E-state index in [1.54, 1.807) is 13.8 Å². The fourth-order valence-electron chi connectivity index (χ4n) is 0.875. The normalized spacial score (nSPS) is 10.4. The fraction of sp³-hybridized carbons (Fsp3) is 0.600. The lowest BCUT2D eigenvalue weighted by Gasteiger charge is -2.10. The van der Waals surface area contributed by atoms with Crippen LogP contribution in [0.2, 0.25) is 0 Å². The minimum atomic E-state index is -1.05. The SMILES string of the molecule is CCOC(=O)C(/C=C/OC)C(=O)OCC. The Kier molecular flexibility index (Phi) is 7.05. The molecule has 5 nitrogen and oxygen atoms in total. The Balaban J connectivity index is 4.49. The maximum Gasteiger partial charge on any atom is 0.324 e. The molecule has 0 amide bonds. The zero-order chi connectivity index (χ0) is 11.7. The Morgan fingerprint density at radius 2 is 1.60 bits per heavy atom. The van der Waals surface area contributed by atoms with Crippen molar-refractivity contribution >= 4 is 11.9 Å².